The average Bonchev–Trinajstić information content (AvgIpc) is 2.86. The summed E-state index contributed by atoms with van der Waals surface area (Å²) in [4.78, 5) is 0. The third-order valence-corrected chi connectivity index (χ3v) is 4.49. The summed E-state index contributed by atoms with van der Waals surface area (Å²) in [6.07, 6.45) is 9.66. The fraction of sp³-hybridized carbons (Fsp3) is 0.0909. The van der Waals surface area contributed by atoms with Gasteiger partial charge in [-0.25, -0.2) is 0 Å². The van der Waals surface area contributed by atoms with Crippen molar-refractivity contribution < 1.29 is 0 Å². The van der Waals surface area contributed by atoms with Crippen molar-refractivity contribution >= 4 is 33.2 Å². The van der Waals surface area contributed by atoms with Crippen molar-refractivity contribution in [2.24, 2.45) is 0 Å². The van der Waals surface area contributed by atoms with Crippen LogP contribution >= 0.6 is 0 Å². The van der Waals surface area contributed by atoms with E-state index >= 15 is 0 Å². The summed E-state index contributed by atoms with van der Waals surface area (Å²) in [6, 6.07) is 15.4. The van der Waals surface area contributed by atoms with Crippen LogP contribution in [0, 0.1) is 0 Å². The van der Waals surface area contributed by atoms with Crippen LogP contribution in [-0.4, -0.2) is 0 Å². The molecule has 0 nitrogen and oxygen atoms in total. The molecule has 0 bridgehead atoms. The first-order valence-corrected chi connectivity index (χ1v) is 7.77. The molecule has 0 saturated carbocycles. The van der Waals surface area contributed by atoms with Gasteiger partial charge in [-0.2, -0.15) is 0 Å². The molecule has 1 aliphatic rings. The van der Waals surface area contributed by atoms with E-state index in [0.717, 1.165) is 12.0 Å². The van der Waals surface area contributed by atoms with Gasteiger partial charge in [0.1, 0.15) is 0 Å². The molecule has 106 valence electrons. The lowest BCUT2D eigenvalue weighted by molar-refractivity contribution is 1.39. The second-order valence-corrected chi connectivity index (χ2v) is 5.78. The van der Waals surface area contributed by atoms with Crippen molar-refractivity contribution in [1.29, 1.82) is 0 Å². The number of benzene rings is 3. The molecule has 0 heteroatoms. The molecule has 22 heavy (non-hydrogen) atoms. The Morgan fingerprint density at radius 3 is 2.50 bits per heavy atom. The molecule has 0 N–H and O–H groups in total. The Morgan fingerprint density at radius 2 is 1.68 bits per heavy atom. The molecule has 0 amide bonds. The van der Waals surface area contributed by atoms with Gasteiger partial charge in [-0.1, -0.05) is 73.3 Å². The molecule has 3 aromatic rings. The topological polar surface area (TPSA) is 0 Å². The largest absolute Gasteiger partial charge is 0.0914 e. The smallest absolute Gasteiger partial charge is 0.00145 e. The second kappa shape index (κ2) is 4.99. The lowest BCUT2D eigenvalue weighted by Gasteiger charge is -2.06. The normalized spacial score (nSPS) is 13.6. The highest BCUT2D eigenvalue weighted by Gasteiger charge is 2.22. The molecule has 3 aromatic carbocycles. The summed E-state index contributed by atoms with van der Waals surface area (Å²) < 4.78 is 0. The average molecular weight is 282 g/mol. The Balaban J connectivity index is 2.00. The number of allylic oxidation sites excluding steroid dienone is 3. The molecule has 0 unspecified atom stereocenters. The minimum absolute atomic E-state index is 0.970. The fourth-order valence-electron chi connectivity index (χ4n) is 3.47. The first kappa shape index (κ1) is 13.1. The van der Waals surface area contributed by atoms with Gasteiger partial charge in [-0.3, -0.25) is 0 Å². The van der Waals surface area contributed by atoms with Gasteiger partial charge in [0.05, 0.1) is 0 Å². The minimum Gasteiger partial charge on any atom is -0.0914 e. The SMILES string of the molecule is C=C1c2cccc3ccc4ccc(/C=C\C/C=C\C)c1c4c23. The van der Waals surface area contributed by atoms with E-state index in [2.05, 4.69) is 80.3 Å². The molecule has 0 spiro atoms. The van der Waals surface area contributed by atoms with Crippen LogP contribution in [0.15, 0.2) is 67.3 Å². The third-order valence-electron chi connectivity index (χ3n) is 4.49. The number of hydrogen-bond acceptors (Lipinski definition) is 0. The van der Waals surface area contributed by atoms with Crippen LogP contribution in [0.4, 0.5) is 0 Å². The Hall–Kier alpha value is -2.60. The van der Waals surface area contributed by atoms with E-state index < -0.39 is 0 Å². The van der Waals surface area contributed by atoms with Crippen LogP contribution in [-0.2, 0) is 0 Å². The molecular formula is C22H18. The highest BCUT2D eigenvalue weighted by atomic mass is 14.2. The van der Waals surface area contributed by atoms with Crippen molar-refractivity contribution in [1.82, 2.24) is 0 Å². The predicted molar refractivity (Wildman–Crippen MR) is 98.1 cm³/mol. The maximum atomic E-state index is 4.38. The standard InChI is InChI=1S/C22H18/c1-3-4-5-6-8-16-11-13-18-14-12-17-9-7-10-19-15(2)20(16)22(18)21(17)19/h3-4,6-14H,2,5H2,1H3/b4-3-,8-6-. The molecule has 1 aliphatic carbocycles. The van der Waals surface area contributed by atoms with Crippen molar-refractivity contribution in [2.75, 3.05) is 0 Å². The third kappa shape index (κ3) is 1.77. The Kier molecular flexibility index (Phi) is 2.97. The Bertz CT molecular complexity index is 968. The zero-order chi connectivity index (χ0) is 15.1. The summed E-state index contributed by atoms with van der Waals surface area (Å²) in [5.74, 6) is 0. The molecule has 0 fully saturated rings. The first-order valence-electron chi connectivity index (χ1n) is 7.77. The zero-order valence-electron chi connectivity index (χ0n) is 12.8. The summed E-state index contributed by atoms with van der Waals surface area (Å²) in [6.45, 7) is 6.43. The minimum atomic E-state index is 0.970. The Morgan fingerprint density at radius 1 is 0.909 bits per heavy atom. The first-order chi connectivity index (χ1) is 10.8. The molecule has 4 rings (SSSR count). The predicted octanol–water partition coefficient (Wildman–Crippen LogP) is 6.35. The Labute approximate surface area is 131 Å². The van der Waals surface area contributed by atoms with Gasteiger partial charge < -0.3 is 0 Å². The van der Waals surface area contributed by atoms with Gasteiger partial charge in [0.2, 0.25) is 0 Å². The maximum Gasteiger partial charge on any atom is -0.00145 e. The van der Waals surface area contributed by atoms with Gasteiger partial charge in [0.25, 0.3) is 0 Å². The maximum absolute atomic E-state index is 4.38. The second-order valence-electron chi connectivity index (χ2n) is 5.78. The number of hydrogen-bond donors (Lipinski definition) is 0. The molecule has 0 saturated heterocycles. The fourth-order valence-corrected chi connectivity index (χ4v) is 3.47. The summed E-state index contributed by atoms with van der Waals surface area (Å²) in [7, 11) is 0. The van der Waals surface area contributed by atoms with E-state index in [9.17, 15) is 0 Å². The summed E-state index contributed by atoms with van der Waals surface area (Å²) in [5.41, 5.74) is 5.02. The van der Waals surface area contributed by atoms with Crippen LogP contribution in [0.1, 0.15) is 30.0 Å². The molecule has 0 atom stereocenters. The molecule has 0 radical (unpaired) electrons. The van der Waals surface area contributed by atoms with E-state index in [1.54, 1.807) is 0 Å². The van der Waals surface area contributed by atoms with Crippen molar-refractivity contribution in [3.63, 3.8) is 0 Å². The monoisotopic (exact) mass is 282 g/mol. The van der Waals surface area contributed by atoms with Crippen LogP contribution < -0.4 is 0 Å². The van der Waals surface area contributed by atoms with Crippen molar-refractivity contribution in [3.05, 3.63) is 84.0 Å². The van der Waals surface area contributed by atoms with Gasteiger partial charge in [-0.15, -0.1) is 0 Å². The van der Waals surface area contributed by atoms with Crippen LogP contribution in [0.25, 0.3) is 33.2 Å². The van der Waals surface area contributed by atoms with Gasteiger partial charge >= 0.3 is 0 Å². The van der Waals surface area contributed by atoms with Crippen LogP contribution in [0.5, 0.6) is 0 Å². The van der Waals surface area contributed by atoms with E-state index in [1.165, 1.54) is 38.2 Å². The molecular weight excluding hydrogens is 264 g/mol. The van der Waals surface area contributed by atoms with Crippen molar-refractivity contribution in [3.8, 4) is 0 Å². The number of rotatable bonds is 3. The lowest BCUT2D eigenvalue weighted by Crippen LogP contribution is -1.85. The lowest BCUT2D eigenvalue weighted by atomic mass is 9.97. The summed E-state index contributed by atoms with van der Waals surface area (Å²) >= 11 is 0. The highest BCUT2D eigenvalue weighted by Crippen LogP contribution is 2.45. The summed E-state index contributed by atoms with van der Waals surface area (Å²) in [5, 5.41) is 5.34. The van der Waals surface area contributed by atoms with Crippen LogP contribution in [0.2, 0.25) is 0 Å². The van der Waals surface area contributed by atoms with E-state index in [4.69, 9.17) is 0 Å². The van der Waals surface area contributed by atoms with Gasteiger partial charge in [0.15, 0.2) is 0 Å². The quantitative estimate of drug-likeness (QED) is 0.303. The van der Waals surface area contributed by atoms with Gasteiger partial charge in [0, 0.05) is 0 Å². The highest BCUT2D eigenvalue weighted by molar-refractivity contribution is 6.23. The van der Waals surface area contributed by atoms with Gasteiger partial charge in [-0.05, 0) is 57.2 Å². The molecule has 0 aliphatic heterocycles. The zero-order valence-corrected chi connectivity index (χ0v) is 12.8. The molecule has 0 aromatic heterocycles. The molecule has 0 heterocycles. The van der Waals surface area contributed by atoms with Crippen molar-refractivity contribution in [2.45, 2.75) is 13.3 Å². The van der Waals surface area contributed by atoms with Crippen LogP contribution in [0.3, 0.4) is 0 Å². The van der Waals surface area contributed by atoms with E-state index in [0.29, 0.717) is 0 Å². The van der Waals surface area contributed by atoms with E-state index in [1.807, 2.05) is 0 Å². The van der Waals surface area contributed by atoms with E-state index in [-0.39, 0.29) is 0 Å².